The number of hydrogen-bond donors (Lipinski definition) is 1. The van der Waals surface area contributed by atoms with E-state index in [4.69, 9.17) is 14.2 Å². The number of hydrogen-bond acceptors (Lipinski definition) is 5. The van der Waals surface area contributed by atoms with E-state index in [1.165, 1.54) is 0 Å². The standard InChI is InChI=1S/C26H36N2O4.ClH/c1-20(2)28(23-11-7-12-27-18-23)26(29)22-15-24(31-14-8-13-30-3)17-25(16-22)32-19-21-9-5-4-6-10-21;/h4-6,9-10,15-17,20,23,27H,7-8,11-14,18-19H2,1-3H3;1H/t23-;/m1./s1. The number of methoxy groups -OCH3 is 1. The first-order valence-corrected chi connectivity index (χ1v) is 11.6. The van der Waals surface area contributed by atoms with Crippen molar-refractivity contribution in [2.75, 3.05) is 33.4 Å². The quantitative estimate of drug-likeness (QED) is 0.476. The minimum Gasteiger partial charge on any atom is -0.493 e. The molecule has 182 valence electrons. The molecule has 1 atom stereocenters. The lowest BCUT2D eigenvalue weighted by Gasteiger charge is -2.37. The molecule has 1 aliphatic heterocycles. The summed E-state index contributed by atoms with van der Waals surface area (Å²) in [5.74, 6) is 1.29. The molecule has 1 heterocycles. The van der Waals surface area contributed by atoms with E-state index in [-0.39, 0.29) is 30.4 Å². The van der Waals surface area contributed by atoms with Crippen LogP contribution in [0.2, 0.25) is 0 Å². The molecule has 0 aliphatic carbocycles. The number of nitrogens with zero attached hydrogens (tertiary/aromatic N) is 1. The lowest BCUT2D eigenvalue weighted by atomic mass is 10.0. The summed E-state index contributed by atoms with van der Waals surface area (Å²) < 4.78 is 17.1. The van der Waals surface area contributed by atoms with Crippen LogP contribution in [0.5, 0.6) is 11.5 Å². The van der Waals surface area contributed by atoms with E-state index < -0.39 is 0 Å². The first-order valence-electron chi connectivity index (χ1n) is 11.6. The van der Waals surface area contributed by atoms with E-state index in [0.29, 0.717) is 36.9 Å². The third-order valence-electron chi connectivity index (χ3n) is 5.59. The Labute approximate surface area is 204 Å². The lowest BCUT2D eigenvalue weighted by Crippen LogP contribution is -2.51. The molecule has 3 rings (SSSR count). The van der Waals surface area contributed by atoms with Crippen LogP contribution in [0.15, 0.2) is 48.5 Å². The monoisotopic (exact) mass is 476 g/mol. The zero-order chi connectivity index (χ0) is 22.8. The number of benzene rings is 2. The Kier molecular flexibility index (Phi) is 11.5. The molecule has 2 aromatic carbocycles. The van der Waals surface area contributed by atoms with Crippen LogP contribution in [0, 0.1) is 0 Å². The van der Waals surface area contributed by atoms with Gasteiger partial charge < -0.3 is 24.4 Å². The van der Waals surface area contributed by atoms with Crippen LogP contribution in [-0.2, 0) is 11.3 Å². The number of rotatable bonds is 11. The van der Waals surface area contributed by atoms with Gasteiger partial charge in [-0.15, -0.1) is 12.4 Å². The normalized spacial score (nSPS) is 15.6. The smallest absolute Gasteiger partial charge is 0.254 e. The maximum absolute atomic E-state index is 13.6. The Morgan fingerprint density at radius 2 is 1.82 bits per heavy atom. The van der Waals surface area contributed by atoms with Gasteiger partial charge in [-0.05, 0) is 50.9 Å². The second-order valence-electron chi connectivity index (χ2n) is 8.47. The van der Waals surface area contributed by atoms with Crippen molar-refractivity contribution in [3.8, 4) is 11.5 Å². The van der Waals surface area contributed by atoms with Crippen LogP contribution >= 0.6 is 12.4 Å². The summed E-state index contributed by atoms with van der Waals surface area (Å²) in [6, 6.07) is 15.8. The molecule has 1 saturated heterocycles. The summed E-state index contributed by atoms with van der Waals surface area (Å²) in [4.78, 5) is 15.6. The highest BCUT2D eigenvalue weighted by Crippen LogP contribution is 2.27. The maximum Gasteiger partial charge on any atom is 0.254 e. The van der Waals surface area contributed by atoms with E-state index in [0.717, 1.165) is 37.9 Å². The zero-order valence-electron chi connectivity index (χ0n) is 19.9. The average molecular weight is 477 g/mol. The van der Waals surface area contributed by atoms with E-state index >= 15 is 0 Å². The number of amides is 1. The first kappa shape index (κ1) is 27.0. The molecule has 0 aromatic heterocycles. The Hall–Kier alpha value is -2.28. The van der Waals surface area contributed by atoms with E-state index in [1.807, 2.05) is 53.4 Å². The topological polar surface area (TPSA) is 60.0 Å². The maximum atomic E-state index is 13.6. The van der Waals surface area contributed by atoms with Crippen LogP contribution in [0.25, 0.3) is 0 Å². The van der Waals surface area contributed by atoms with Crippen molar-refractivity contribution in [1.29, 1.82) is 0 Å². The molecule has 33 heavy (non-hydrogen) atoms. The zero-order valence-corrected chi connectivity index (χ0v) is 20.7. The molecule has 1 aliphatic rings. The van der Waals surface area contributed by atoms with Crippen molar-refractivity contribution in [1.82, 2.24) is 10.2 Å². The molecular weight excluding hydrogens is 440 g/mol. The largest absolute Gasteiger partial charge is 0.493 e. The first-order chi connectivity index (χ1) is 15.6. The second kappa shape index (κ2) is 14.1. The Morgan fingerprint density at radius 1 is 1.09 bits per heavy atom. The van der Waals surface area contributed by atoms with Crippen molar-refractivity contribution < 1.29 is 19.0 Å². The highest BCUT2D eigenvalue weighted by molar-refractivity contribution is 5.95. The number of carbonyl (C=O) groups is 1. The fourth-order valence-corrected chi connectivity index (χ4v) is 4.04. The van der Waals surface area contributed by atoms with Crippen molar-refractivity contribution in [2.24, 2.45) is 0 Å². The van der Waals surface area contributed by atoms with Gasteiger partial charge in [0, 0.05) is 50.4 Å². The van der Waals surface area contributed by atoms with Crippen LogP contribution in [0.3, 0.4) is 0 Å². The number of piperidine rings is 1. The molecule has 0 radical (unpaired) electrons. The summed E-state index contributed by atoms with van der Waals surface area (Å²) in [7, 11) is 1.68. The third kappa shape index (κ3) is 8.22. The summed E-state index contributed by atoms with van der Waals surface area (Å²) in [6.45, 7) is 7.57. The molecule has 0 spiro atoms. The SMILES string of the molecule is COCCCOc1cc(OCc2ccccc2)cc(C(=O)N(C(C)C)[C@@H]2CCCNC2)c1.Cl. The highest BCUT2D eigenvalue weighted by Gasteiger charge is 2.29. The van der Waals surface area contributed by atoms with Crippen LogP contribution < -0.4 is 14.8 Å². The number of halogens is 1. The van der Waals surface area contributed by atoms with Gasteiger partial charge in [0.05, 0.1) is 6.61 Å². The summed E-state index contributed by atoms with van der Waals surface area (Å²) >= 11 is 0. The van der Waals surface area contributed by atoms with Gasteiger partial charge in [0.2, 0.25) is 0 Å². The van der Waals surface area contributed by atoms with Gasteiger partial charge in [-0.2, -0.15) is 0 Å². The molecule has 0 bridgehead atoms. The number of carbonyl (C=O) groups excluding carboxylic acids is 1. The fraction of sp³-hybridized carbons (Fsp3) is 0.500. The fourth-order valence-electron chi connectivity index (χ4n) is 4.04. The summed E-state index contributed by atoms with van der Waals surface area (Å²) in [6.07, 6.45) is 2.87. The van der Waals surface area contributed by atoms with E-state index in [2.05, 4.69) is 19.2 Å². The molecule has 1 amide bonds. The molecule has 0 unspecified atom stereocenters. The van der Waals surface area contributed by atoms with E-state index in [1.54, 1.807) is 7.11 Å². The molecule has 0 saturated carbocycles. The van der Waals surface area contributed by atoms with Gasteiger partial charge in [0.1, 0.15) is 18.1 Å². The van der Waals surface area contributed by atoms with E-state index in [9.17, 15) is 4.79 Å². The number of nitrogens with one attached hydrogen (secondary N) is 1. The summed E-state index contributed by atoms with van der Waals surface area (Å²) in [5, 5.41) is 3.42. The van der Waals surface area contributed by atoms with Gasteiger partial charge in [-0.25, -0.2) is 0 Å². The van der Waals surface area contributed by atoms with Gasteiger partial charge in [-0.3, -0.25) is 4.79 Å². The molecule has 6 nitrogen and oxygen atoms in total. The van der Waals surface area contributed by atoms with Crippen molar-refractivity contribution in [2.45, 2.75) is 51.8 Å². The van der Waals surface area contributed by atoms with Crippen molar-refractivity contribution >= 4 is 18.3 Å². The Balaban J connectivity index is 0.00000385. The molecule has 1 N–H and O–H groups in total. The lowest BCUT2D eigenvalue weighted by molar-refractivity contribution is 0.0572. The predicted molar refractivity (Wildman–Crippen MR) is 134 cm³/mol. The van der Waals surface area contributed by atoms with Gasteiger partial charge in [0.25, 0.3) is 5.91 Å². The summed E-state index contributed by atoms with van der Waals surface area (Å²) in [5.41, 5.74) is 1.67. The van der Waals surface area contributed by atoms with Crippen LogP contribution in [-0.4, -0.2) is 56.3 Å². The highest BCUT2D eigenvalue weighted by atomic mass is 35.5. The predicted octanol–water partition coefficient (Wildman–Crippen LogP) is 4.71. The minimum absolute atomic E-state index is 0. The molecule has 2 aromatic rings. The van der Waals surface area contributed by atoms with Gasteiger partial charge >= 0.3 is 0 Å². The second-order valence-corrected chi connectivity index (χ2v) is 8.47. The molecular formula is C26H37ClN2O4. The van der Waals surface area contributed by atoms with Crippen LogP contribution in [0.1, 0.15) is 49.0 Å². The van der Waals surface area contributed by atoms with Crippen molar-refractivity contribution in [3.63, 3.8) is 0 Å². The van der Waals surface area contributed by atoms with Gasteiger partial charge in [0.15, 0.2) is 0 Å². The molecule has 1 fully saturated rings. The Morgan fingerprint density at radius 3 is 2.45 bits per heavy atom. The average Bonchev–Trinajstić information content (AvgIpc) is 2.81. The van der Waals surface area contributed by atoms with Crippen LogP contribution in [0.4, 0.5) is 0 Å². The number of ether oxygens (including phenoxy) is 3. The Bertz CT molecular complexity index is 841. The molecule has 7 heteroatoms. The third-order valence-corrected chi connectivity index (χ3v) is 5.59. The minimum atomic E-state index is 0. The van der Waals surface area contributed by atoms with Crippen molar-refractivity contribution in [3.05, 3.63) is 59.7 Å². The van der Waals surface area contributed by atoms with Gasteiger partial charge in [-0.1, -0.05) is 30.3 Å².